The minimum absolute atomic E-state index is 0.402. The highest BCUT2D eigenvalue weighted by Crippen LogP contribution is 2.28. The molecule has 0 fully saturated rings. The Kier molecular flexibility index (Phi) is 5.03. The van der Waals surface area contributed by atoms with Crippen LogP contribution < -0.4 is 20.1 Å². The summed E-state index contributed by atoms with van der Waals surface area (Å²) in [5.41, 5.74) is 3.69. The Labute approximate surface area is 137 Å². The average molecular weight is 312 g/mol. The van der Waals surface area contributed by atoms with Gasteiger partial charge in [0.2, 0.25) is 0 Å². The molecule has 2 aromatic rings. The molecule has 3 rings (SSSR count). The number of ether oxygens (including phenoxy) is 2. The Hall–Kier alpha value is -2.20. The first kappa shape index (κ1) is 15.7. The molecule has 0 aliphatic carbocycles. The van der Waals surface area contributed by atoms with Crippen LogP contribution in [0, 0.1) is 0 Å². The van der Waals surface area contributed by atoms with Gasteiger partial charge in [0, 0.05) is 19.1 Å². The van der Waals surface area contributed by atoms with Gasteiger partial charge in [0.15, 0.2) is 0 Å². The summed E-state index contributed by atoms with van der Waals surface area (Å²) >= 11 is 0. The second-order valence-corrected chi connectivity index (χ2v) is 5.94. The number of anilines is 1. The summed E-state index contributed by atoms with van der Waals surface area (Å²) in [7, 11) is 1.69. The van der Waals surface area contributed by atoms with E-state index in [1.807, 2.05) is 12.1 Å². The van der Waals surface area contributed by atoms with Crippen LogP contribution in [0.25, 0.3) is 0 Å². The molecule has 0 bridgehead atoms. The van der Waals surface area contributed by atoms with Crippen molar-refractivity contribution in [1.29, 1.82) is 0 Å². The van der Waals surface area contributed by atoms with Gasteiger partial charge in [-0.3, -0.25) is 0 Å². The van der Waals surface area contributed by atoms with E-state index in [4.69, 9.17) is 9.47 Å². The Morgan fingerprint density at radius 1 is 1.17 bits per heavy atom. The van der Waals surface area contributed by atoms with E-state index in [-0.39, 0.29) is 0 Å². The van der Waals surface area contributed by atoms with Crippen molar-refractivity contribution in [2.24, 2.45) is 0 Å². The quantitative estimate of drug-likeness (QED) is 0.859. The van der Waals surface area contributed by atoms with Gasteiger partial charge in [-0.2, -0.15) is 0 Å². The molecule has 0 radical (unpaired) electrons. The van der Waals surface area contributed by atoms with Crippen LogP contribution >= 0.6 is 0 Å². The Morgan fingerprint density at radius 2 is 1.96 bits per heavy atom. The van der Waals surface area contributed by atoms with E-state index in [1.165, 1.54) is 11.1 Å². The van der Waals surface area contributed by atoms with Crippen molar-refractivity contribution in [2.75, 3.05) is 25.6 Å². The van der Waals surface area contributed by atoms with Crippen LogP contribution in [0.5, 0.6) is 11.5 Å². The zero-order valence-corrected chi connectivity index (χ0v) is 13.8. The molecule has 2 aromatic carbocycles. The van der Waals surface area contributed by atoms with Crippen molar-refractivity contribution < 1.29 is 9.47 Å². The predicted molar refractivity (Wildman–Crippen MR) is 93.4 cm³/mol. The number of benzene rings is 2. The smallest absolute Gasteiger partial charge is 0.142 e. The molecule has 1 heterocycles. The minimum atomic E-state index is 0.402. The highest BCUT2D eigenvalue weighted by Gasteiger charge is 2.11. The van der Waals surface area contributed by atoms with Gasteiger partial charge in [-0.05, 0) is 48.7 Å². The topological polar surface area (TPSA) is 42.5 Å². The van der Waals surface area contributed by atoms with Gasteiger partial charge >= 0.3 is 0 Å². The predicted octanol–water partition coefficient (Wildman–Crippen LogP) is 3.22. The molecule has 0 spiro atoms. The van der Waals surface area contributed by atoms with Crippen molar-refractivity contribution in [3.05, 3.63) is 53.6 Å². The molecular weight excluding hydrogens is 288 g/mol. The third kappa shape index (κ3) is 4.17. The van der Waals surface area contributed by atoms with Gasteiger partial charge in [-0.15, -0.1) is 0 Å². The molecule has 4 nitrogen and oxygen atoms in total. The maximum Gasteiger partial charge on any atom is 0.142 e. The van der Waals surface area contributed by atoms with Crippen LogP contribution in [-0.2, 0) is 13.0 Å². The molecule has 23 heavy (non-hydrogen) atoms. The summed E-state index contributed by atoms with van der Waals surface area (Å²) in [6.45, 7) is 4.69. The normalized spacial score (nSPS) is 14.3. The number of hydrogen-bond acceptors (Lipinski definition) is 4. The summed E-state index contributed by atoms with van der Waals surface area (Å²) < 4.78 is 10.8. The maximum absolute atomic E-state index is 5.62. The van der Waals surface area contributed by atoms with Crippen molar-refractivity contribution in [3.8, 4) is 11.5 Å². The third-order valence-electron chi connectivity index (χ3n) is 4.07. The largest absolute Gasteiger partial charge is 0.497 e. The van der Waals surface area contributed by atoms with Crippen LogP contribution in [0.4, 0.5) is 5.69 Å². The van der Waals surface area contributed by atoms with E-state index in [1.54, 1.807) is 7.11 Å². The molecule has 122 valence electrons. The fraction of sp³-hybridized carbons (Fsp3) is 0.368. The molecule has 1 atom stereocenters. The second kappa shape index (κ2) is 7.38. The van der Waals surface area contributed by atoms with Gasteiger partial charge in [0.05, 0.1) is 12.8 Å². The summed E-state index contributed by atoms with van der Waals surface area (Å²) in [4.78, 5) is 0. The molecule has 1 unspecified atom stereocenters. The van der Waals surface area contributed by atoms with E-state index in [9.17, 15) is 0 Å². The lowest BCUT2D eigenvalue weighted by Gasteiger charge is -2.21. The maximum atomic E-state index is 5.62. The van der Waals surface area contributed by atoms with Gasteiger partial charge in [-0.1, -0.05) is 18.2 Å². The summed E-state index contributed by atoms with van der Waals surface area (Å²) in [5.74, 6) is 1.85. The van der Waals surface area contributed by atoms with Crippen molar-refractivity contribution in [3.63, 3.8) is 0 Å². The van der Waals surface area contributed by atoms with Crippen molar-refractivity contribution in [1.82, 2.24) is 5.32 Å². The standard InChI is InChI=1S/C19H24N2O2/c1-14(21-13-15-3-6-17(22-2)7-4-15)11-16-5-8-19-18(12-16)20-9-10-23-19/h3-8,12,14,20-21H,9-11,13H2,1-2H3. The highest BCUT2D eigenvalue weighted by atomic mass is 16.5. The van der Waals surface area contributed by atoms with E-state index in [2.05, 4.69) is 47.9 Å². The molecule has 1 aliphatic heterocycles. The number of fused-ring (bicyclic) bond motifs is 1. The molecule has 0 saturated carbocycles. The van der Waals surface area contributed by atoms with E-state index < -0.39 is 0 Å². The number of rotatable bonds is 6. The monoisotopic (exact) mass is 312 g/mol. The number of methoxy groups -OCH3 is 1. The van der Waals surface area contributed by atoms with Crippen LogP contribution in [-0.4, -0.2) is 26.3 Å². The zero-order chi connectivity index (χ0) is 16.1. The molecular formula is C19H24N2O2. The molecule has 0 aromatic heterocycles. The fourth-order valence-corrected chi connectivity index (χ4v) is 2.78. The third-order valence-corrected chi connectivity index (χ3v) is 4.07. The van der Waals surface area contributed by atoms with E-state index in [0.29, 0.717) is 6.04 Å². The Balaban J connectivity index is 1.53. The van der Waals surface area contributed by atoms with Crippen molar-refractivity contribution >= 4 is 5.69 Å². The van der Waals surface area contributed by atoms with Gasteiger partial charge in [0.25, 0.3) is 0 Å². The van der Waals surface area contributed by atoms with Gasteiger partial charge in [0.1, 0.15) is 18.1 Å². The van der Waals surface area contributed by atoms with Crippen LogP contribution in [0.2, 0.25) is 0 Å². The number of hydrogen-bond donors (Lipinski definition) is 2. The Bertz CT molecular complexity index is 640. The first-order valence-electron chi connectivity index (χ1n) is 8.10. The molecule has 4 heteroatoms. The minimum Gasteiger partial charge on any atom is -0.497 e. The van der Waals surface area contributed by atoms with E-state index in [0.717, 1.165) is 43.3 Å². The molecule has 0 amide bonds. The number of nitrogens with one attached hydrogen (secondary N) is 2. The van der Waals surface area contributed by atoms with Crippen LogP contribution in [0.1, 0.15) is 18.1 Å². The molecule has 0 saturated heterocycles. The zero-order valence-electron chi connectivity index (χ0n) is 13.8. The SMILES string of the molecule is COc1ccc(CNC(C)Cc2ccc3c(c2)NCCO3)cc1. The second-order valence-electron chi connectivity index (χ2n) is 5.94. The molecule has 1 aliphatic rings. The van der Waals surface area contributed by atoms with Gasteiger partial charge in [-0.25, -0.2) is 0 Å². The fourth-order valence-electron chi connectivity index (χ4n) is 2.78. The van der Waals surface area contributed by atoms with E-state index >= 15 is 0 Å². The summed E-state index contributed by atoms with van der Waals surface area (Å²) in [6.07, 6.45) is 0.991. The lowest BCUT2D eigenvalue weighted by atomic mass is 10.1. The molecule has 2 N–H and O–H groups in total. The van der Waals surface area contributed by atoms with Crippen LogP contribution in [0.15, 0.2) is 42.5 Å². The van der Waals surface area contributed by atoms with Gasteiger partial charge < -0.3 is 20.1 Å². The van der Waals surface area contributed by atoms with Crippen LogP contribution in [0.3, 0.4) is 0 Å². The summed E-state index contributed by atoms with van der Waals surface area (Å²) in [5, 5.41) is 6.96. The Morgan fingerprint density at radius 3 is 2.74 bits per heavy atom. The lowest BCUT2D eigenvalue weighted by molar-refractivity contribution is 0.323. The first-order valence-corrected chi connectivity index (χ1v) is 8.10. The lowest BCUT2D eigenvalue weighted by Crippen LogP contribution is -2.27. The summed E-state index contributed by atoms with van der Waals surface area (Å²) in [6, 6.07) is 15.0. The highest BCUT2D eigenvalue weighted by molar-refractivity contribution is 5.59. The first-order chi connectivity index (χ1) is 11.2. The average Bonchev–Trinajstić information content (AvgIpc) is 2.60. The van der Waals surface area contributed by atoms with Crippen molar-refractivity contribution in [2.45, 2.75) is 25.9 Å².